The van der Waals surface area contributed by atoms with Crippen LogP contribution in [-0.2, 0) is 0 Å². The fraction of sp³-hybridized carbons (Fsp3) is 1.00. The smallest absolute Gasteiger partial charge is 0.0221 e. The van der Waals surface area contributed by atoms with Gasteiger partial charge in [-0.25, -0.2) is 0 Å². The lowest BCUT2D eigenvalue weighted by Gasteiger charge is -2.37. The third-order valence-electron chi connectivity index (χ3n) is 4.80. The first kappa shape index (κ1) is 13.4. The first-order valence-corrected chi connectivity index (χ1v) is 7.83. The molecule has 2 fully saturated rings. The lowest BCUT2D eigenvalue weighted by molar-refractivity contribution is 0.127. The van der Waals surface area contributed by atoms with Gasteiger partial charge >= 0.3 is 0 Å². The number of hydrogen-bond acceptors (Lipinski definition) is 2. The predicted octanol–water partition coefficient (Wildman–Crippen LogP) is 3.03. The van der Waals surface area contributed by atoms with E-state index in [0.29, 0.717) is 0 Å². The molecule has 0 amide bonds. The molecule has 3 unspecified atom stereocenters. The molecule has 3 atom stereocenters. The Morgan fingerprint density at radius 1 is 1.18 bits per heavy atom. The van der Waals surface area contributed by atoms with Gasteiger partial charge in [0.1, 0.15) is 0 Å². The van der Waals surface area contributed by atoms with Crippen molar-refractivity contribution in [3.8, 4) is 0 Å². The van der Waals surface area contributed by atoms with Crippen molar-refractivity contribution in [2.24, 2.45) is 5.92 Å². The molecule has 0 aromatic rings. The van der Waals surface area contributed by atoms with E-state index in [1.165, 1.54) is 64.6 Å². The first-order chi connectivity index (χ1) is 8.36. The summed E-state index contributed by atoms with van der Waals surface area (Å²) in [5, 5.41) is 3.62. The maximum atomic E-state index is 3.62. The number of fused-ring (bicyclic) bond motifs is 1. The van der Waals surface area contributed by atoms with Gasteiger partial charge in [-0.3, -0.25) is 4.90 Å². The van der Waals surface area contributed by atoms with Crippen LogP contribution in [0.25, 0.3) is 0 Å². The normalized spacial score (nSPS) is 31.4. The highest BCUT2D eigenvalue weighted by molar-refractivity contribution is 4.93. The number of hydrogen-bond donors (Lipinski definition) is 1. The molecule has 1 saturated carbocycles. The van der Waals surface area contributed by atoms with E-state index >= 15 is 0 Å². The molecular formula is C15H30N2. The molecule has 2 aliphatic rings. The number of rotatable bonds is 6. The van der Waals surface area contributed by atoms with Gasteiger partial charge in [0.25, 0.3) is 0 Å². The van der Waals surface area contributed by atoms with Crippen molar-refractivity contribution >= 4 is 0 Å². The number of nitrogens with zero attached hydrogens (tertiary/aromatic N) is 1. The molecule has 0 aromatic carbocycles. The van der Waals surface area contributed by atoms with Gasteiger partial charge in [-0.1, -0.05) is 26.7 Å². The summed E-state index contributed by atoms with van der Waals surface area (Å²) in [6.07, 6.45) is 9.95. The van der Waals surface area contributed by atoms with E-state index in [4.69, 9.17) is 0 Å². The highest BCUT2D eigenvalue weighted by atomic mass is 15.2. The molecule has 2 heteroatoms. The second kappa shape index (κ2) is 6.75. The Kier molecular flexibility index (Phi) is 5.30. The van der Waals surface area contributed by atoms with E-state index in [9.17, 15) is 0 Å². The van der Waals surface area contributed by atoms with Gasteiger partial charge in [-0.05, 0) is 51.1 Å². The fourth-order valence-corrected chi connectivity index (χ4v) is 3.84. The van der Waals surface area contributed by atoms with Crippen molar-refractivity contribution in [2.75, 3.05) is 19.6 Å². The van der Waals surface area contributed by atoms with Crippen LogP contribution in [0, 0.1) is 5.92 Å². The second-order valence-corrected chi connectivity index (χ2v) is 5.90. The third kappa shape index (κ3) is 3.23. The van der Waals surface area contributed by atoms with E-state index in [0.717, 1.165) is 18.0 Å². The number of likely N-dealkylation sites (tertiary alicyclic amines) is 1. The zero-order valence-electron chi connectivity index (χ0n) is 11.8. The predicted molar refractivity (Wildman–Crippen MR) is 74.3 cm³/mol. The van der Waals surface area contributed by atoms with Gasteiger partial charge in [-0.2, -0.15) is 0 Å². The summed E-state index contributed by atoms with van der Waals surface area (Å²) < 4.78 is 0. The Hall–Kier alpha value is -0.0800. The standard InChI is InChI=1S/C15H30N2/c1-3-10-16-12-14(4-2)17-11-9-13-7-5-6-8-15(13)17/h13-16H,3-12H2,1-2H3. The SMILES string of the molecule is CCCNCC(CC)N1CCC2CCCCC21. The van der Waals surface area contributed by atoms with Crippen molar-refractivity contribution in [3.05, 3.63) is 0 Å². The maximum absolute atomic E-state index is 3.62. The summed E-state index contributed by atoms with van der Waals surface area (Å²) in [5.41, 5.74) is 0. The molecule has 0 spiro atoms. The quantitative estimate of drug-likeness (QED) is 0.716. The summed E-state index contributed by atoms with van der Waals surface area (Å²) in [4.78, 5) is 2.84. The van der Waals surface area contributed by atoms with Crippen LogP contribution in [0.5, 0.6) is 0 Å². The molecule has 0 aromatic heterocycles. The molecule has 2 nitrogen and oxygen atoms in total. The lowest BCUT2D eigenvalue weighted by Crippen LogP contribution is -2.46. The van der Waals surface area contributed by atoms with Crippen molar-refractivity contribution in [2.45, 2.75) is 70.9 Å². The van der Waals surface area contributed by atoms with E-state index in [2.05, 4.69) is 24.1 Å². The molecule has 1 saturated heterocycles. The Labute approximate surface area is 107 Å². The third-order valence-corrected chi connectivity index (χ3v) is 4.80. The van der Waals surface area contributed by atoms with Gasteiger partial charge in [-0.15, -0.1) is 0 Å². The average molecular weight is 238 g/mol. The van der Waals surface area contributed by atoms with Gasteiger partial charge in [0.2, 0.25) is 0 Å². The van der Waals surface area contributed by atoms with Crippen molar-refractivity contribution in [1.82, 2.24) is 10.2 Å². The van der Waals surface area contributed by atoms with Crippen molar-refractivity contribution < 1.29 is 0 Å². The molecular weight excluding hydrogens is 208 g/mol. The summed E-state index contributed by atoms with van der Waals surface area (Å²) in [5.74, 6) is 1.03. The minimum atomic E-state index is 0.787. The highest BCUT2D eigenvalue weighted by Gasteiger charge is 2.38. The molecule has 1 aliphatic carbocycles. The van der Waals surface area contributed by atoms with Crippen LogP contribution in [0.2, 0.25) is 0 Å². The maximum Gasteiger partial charge on any atom is 0.0221 e. The zero-order valence-corrected chi connectivity index (χ0v) is 11.8. The molecule has 1 heterocycles. The molecule has 1 aliphatic heterocycles. The van der Waals surface area contributed by atoms with Crippen LogP contribution < -0.4 is 5.32 Å². The van der Waals surface area contributed by atoms with Gasteiger partial charge < -0.3 is 5.32 Å². The Balaban J connectivity index is 1.85. The molecule has 0 radical (unpaired) electrons. The van der Waals surface area contributed by atoms with Gasteiger partial charge in [0, 0.05) is 18.6 Å². The van der Waals surface area contributed by atoms with Crippen molar-refractivity contribution in [3.63, 3.8) is 0 Å². The van der Waals surface area contributed by atoms with Gasteiger partial charge in [0.15, 0.2) is 0 Å². The highest BCUT2D eigenvalue weighted by Crippen LogP contribution is 2.37. The minimum Gasteiger partial charge on any atom is -0.315 e. The minimum absolute atomic E-state index is 0.787. The van der Waals surface area contributed by atoms with Gasteiger partial charge in [0.05, 0.1) is 0 Å². The first-order valence-electron chi connectivity index (χ1n) is 7.83. The van der Waals surface area contributed by atoms with E-state index in [-0.39, 0.29) is 0 Å². The Bertz CT molecular complexity index is 217. The number of nitrogens with one attached hydrogen (secondary N) is 1. The van der Waals surface area contributed by atoms with E-state index in [1.807, 2.05) is 0 Å². The van der Waals surface area contributed by atoms with Crippen molar-refractivity contribution in [1.29, 1.82) is 0 Å². The summed E-state index contributed by atoms with van der Waals surface area (Å²) in [6.45, 7) is 8.35. The lowest BCUT2D eigenvalue weighted by atomic mass is 9.85. The van der Waals surface area contributed by atoms with E-state index < -0.39 is 0 Å². The summed E-state index contributed by atoms with van der Waals surface area (Å²) in [6, 6.07) is 1.71. The molecule has 17 heavy (non-hydrogen) atoms. The molecule has 1 N–H and O–H groups in total. The molecule has 0 bridgehead atoms. The largest absolute Gasteiger partial charge is 0.315 e. The van der Waals surface area contributed by atoms with E-state index in [1.54, 1.807) is 0 Å². The second-order valence-electron chi connectivity index (χ2n) is 5.90. The molecule has 2 rings (SSSR count). The van der Waals surface area contributed by atoms with Crippen LogP contribution in [0.1, 0.15) is 58.8 Å². The summed E-state index contributed by atoms with van der Waals surface area (Å²) in [7, 11) is 0. The van der Waals surface area contributed by atoms with Crippen LogP contribution >= 0.6 is 0 Å². The fourth-order valence-electron chi connectivity index (χ4n) is 3.84. The van der Waals surface area contributed by atoms with Crippen LogP contribution in [0.4, 0.5) is 0 Å². The van der Waals surface area contributed by atoms with Crippen LogP contribution in [0.3, 0.4) is 0 Å². The Morgan fingerprint density at radius 3 is 2.76 bits per heavy atom. The molecule has 100 valence electrons. The topological polar surface area (TPSA) is 15.3 Å². The zero-order chi connectivity index (χ0) is 12.1. The monoisotopic (exact) mass is 238 g/mol. The Morgan fingerprint density at radius 2 is 2.00 bits per heavy atom. The summed E-state index contributed by atoms with van der Waals surface area (Å²) >= 11 is 0. The average Bonchev–Trinajstić information content (AvgIpc) is 2.79. The van der Waals surface area contributed by atoms with Crippen LogP contribution in [0.15, 0.2) is 0 Å². The van der Waals surface area contributed by atoms with Crippen LogP contribution in [-0.4, -0.2) is 36.6 Å².